The van der Waals surface area contributed by atoms with E-state index in [0.29, 0.717) is 0 Å². The second-order valence-corrected chi connectivity index (χ2v) is 10.6. The van der Waals surface area contributed by atoms with E-state index in [4.69, 9.17) is 0 Å². The number of pyridine rings is 1. The lowest BCUT2D eigenvalue weighted by molar-refractivity contribution is -0.0476. The minimum Gasteiger partial charge on any atom is -0.261 e. The third kappa shape index (κ3) is 9.08. The Labute approximate surface area is 188 Å². The molecule has 0 aliphatic heterocycles. The first-order chi connectivity index (χ1) is 15.1. The normalized spacial score (nSPS) is 12.9. The third-order valence-electron chi connectivity index (χ3n) is 4.35. The molecule has 2 rings (SSSR count). The van der Waals surface area contributed by atoms with Crippen LogP contribution >= 0.6 is 0 Å². The van der Waals surface area contributed by atoms with Gasteiger partial charge >= 0.3 is 31.1 Å². The van der Waals surface area contributed by atoms with Crippen LogP contribution in [-0.2, 0) is 26.5 Å². The van der Waals surface area contributed by atoms with Crippen molar-refractivity contribution in [3.63, 3.8) is 0 Å². The standard InChI is InChI=1S/C17H23N.C2HF6NO4S2/c1-2-3-4-5-6-7-12-17-16-11-9-8-10-15(16)13-14-18-17;3-1(4,5)14(10,11)9-15(12,13)2(6,7)8/h8-11,13-14H,2-7,12H2,1H3;9H. The molecule has 0 radical (unpaired) electrons. The molecule has 0 amide bonds. The summed E-state index contributed by atoms with van der Waals surface area (Å²) in [5.41, 5.74) is -11.0. The summed E-state index contributed by atoms with van der Waals surface area (Å²) in [5.74, 6) is 0. The number of sulfonamides is 2. The fraction of sp³-hybridized carbons (Fsp3) is 0.526. The maximum atomic E-state index is 11.5. The highest BCUT2D eigenvalue weighted by Crippen LogP contribution is 2.27. The van der Waals surface area contributed by atoms with Gasteiger partial charge in [0.05, 0.1) is 0 Å². The molecule has 0 spiro atoms. The van der Waals surface area contributed by atoms with Gasteiger partial charge in [0.25, 0.3) is 0 Å². The molecule has 0 fully saturated rings. The van der Waals surface area contributed by atoms with Crippen LogP contribution in [0.5, 0.6) is 0 Å². The van der Waals surface area contributed by atoms with Crippen molar-refractivity contribution < 1.29 is 43.2 Å². The van der Waals surface area contributed by atoms with Gasteiger partial charge in [0.2, 0.25) is 0 Å². The molecule has 188 valence electrons. The second kappa shape index (κ2) is 12.0. The van der Waals surface area contributed by atoms with Crippen LogP contribution in [0.2, 0.25) is 0 Å². The van der Waals surface area contributed by atoms with Crippen LogP contribution in [-0.4, -0.2) is 32.8 Å². The van der Waals surface area contributed by atoms with Crippen molar-refractivity contribution in [2.24, 2.45) is 0 Å². The molecule has 1 N–H and O–H groups in total. The summed E-state index contributed by atoms with van der Waals surface area (Å²) in [6.45, 7) is 2.26. The molecule has 1 heterocycles. The fourth-order valence-corrected chi connectivity index (χ4v) is 4.60. The molecule has 0 bridgehead atoms. The van der Waals surface area contributed by atoms with Crippen LogP contribution in [0, 0.1) is 0 Å². The molecule has 33 heavy (non-hydrogen) atoms. The van der Waals surface area contributed by atoms with Gasteiger partial charge in [-0.05, 0) is 24.3 Å². The van der Waals surface area contributed by atoms with Crippen molar-refractivity contribution in [3.8, 4) is 0 Å². The number of aryl methyl sites for hydroxylation is 1. The van der Waals surface area contributed by atoms with E-state index >= 15 is 0 Å². The second-order valence-electron chi connectivity index (χ2n) is 6.98. The van der Waals surface area contributed by atoms with E-state index in [1.807, 2.05) is 6.20 Å². The quantitative estimate of drug-likeness (QED) is 0.351. The highest BCUT2D eigenvalue weighted by molar-refractivity contribution is 8.05. The monoisotopic (exact) mass is 522 g/mol. The summed E-state index contributed by atoms with van der Waals surface area (Å²) in [6, 6.07) is 10.7. The first-order valence-corrected chi connectivity index (χ1v) is 12.8. The zero-order valence-corrected chi connectivity index (χ0v) is 19.2. The Morgan fingerprint density at radius 2 is 1.30 bits per heavy atom. The number of nitrogens with one attached hydrogen (secondary N) is 1. The average molecular weight is 523 g/mol. The molecule has 14 heteroatoms. The van der Waals surface area contributed by atoms with Crippen molar-refractivity contribution >= 4 is 30.8 Å². The number of halogens is 6. The minimum absolute atomic E-state index is 0.493. The number of hydrogen-bond acceptors (Lipinski definition) is 5. The van der Waals surface area contributed by atoms with Crippen LogP contribution in [0.3, 0.4) is 0 Å². The highest BCUT2D eigenvalue weighted by Gasteiger charge is 2.55. The first kappa shape index (κ1) is 29.1. The number of unbranched alkanes of at least 4 members (excludes halogenated alkanes) is 5. The number of benzene rings is 1. The van der Waals surface area contributed by atoms with E-state index in [1.165, 1.54) is 55.0 Å². The predicted molar refractivity (Wildman–Crippen MR) is 112 cm³/mol. The summed E-state index contributed by atoms with van der Waals surface area (Å²) < 4.78 is 108. The number of alkyl halides is 6. The summed E-state index contributed by atoms with van der Waals surface area (Å²) in [6.07, 6.45) is 11.1. The van der Waals surface area contributed by atoms with Crippen molar-refractivity contribution in [1.29, 1.82) is 0 Å². The zero-order chi connectivity index (χ0) is 25.3. The number of hydrogen-bond donors (Lipinski definition) is 1. The molecular weight excluding hydrogens is 498 g/mol. The maximum Gasteiger partial charge on any atom is 0.512 e. The molecule has 1 aromatic heterocycles. The van der Waals surface area contributed by atoms with E-state index in [1.54, 1.807) is 0 Å². The number of nitrogens with zero attached hydrogens (tertiary/aromatic N) is 1. The number of fused-ring (bicyclic) bond motifs is 1. The molecule has 2 aromatic rings. The van der Waals surface area contributed by atoms with Gasteiger partial charge in [-0.3, -0.25) is 4.98 Å². The molecule has 6 nitrogen and oxygen atoms in total. The summed E-state index contributed by atoms with van der Waals surface area (Å²) in [4.78, 5) is 4.54. The molecule has 0 aliphatic carbocycles. The van der Waals surface area contributed by atoms with Crippen LogP contribution in [0.1, 0.15) is 51.1 Å². The lowest BCUT2D eigenvalue weighted by atomic mass is 10.0. The van der Waals surface area contributed by atoms with Crippen molar-refractivity contribution in [1.82, 2.24) is 9.11 Å². The van der Waals surface area contributed by atoms with Crippen molar-refractivity contribution in [3.05, 3.63) is 42.2 Å². The smallest absolute Gasteiger partial charge is 0.261 e. The van der Waals surface area contributed by atoms with Crippen LogP contribution in [0.25, 0.3) is 10.8 Å². The van der Waals surface area contributed by atoms with E-state index in [-0.39, 0.29) is 0 Å². The zero-order valence-electron chi connectivity index (χ0n) is 17.6. The van der Waals surface area contributed by atoms with Crippen LogP contribution < -0.4 is 4.13 Å². The minimum atomic E-state index is -6.60. The van der Waals surface area contributed by atoms with Crippen molar-refractivity contribution in [2.45, 2.75) is 62.9 Å². The van der Waals surface area contributed by atoms with Gasteiger partial charge in [0.15, 0.2) is 0 Å². The SMILES string of the molecule is CCCCCCCCc1nccc2ccccc12.O=S(=O)(NS(=O)(=O)C(F)(F)F)C(F)(F)F. The van der Waals surface area contributed by atoms with Gasteiger partial charge in [0, 0.05) is 17.3 Å². The van der Waals surface area contributed by atoms with E-state index in [0.717, 1.165) is 6.42 Å². The molecule has 0 atom stereocenters. The highest BCUT2D eigenvalue weighted by atomic mass is 32.3. The molecule has 0 unspecified atom stereocenters. The van der Waals surface area contributed by atoms with E-state index < -0.39 is 35.2 Å². The van der Waals surface area contributed by atoms with Gasteiger partial charge in [-0.15, -0.1) is 0 Å². The van der Waals surface area contributed by atoms with Gasteiger partial charge < -0.3 is 0 Å². The summed E-state index contributed by atoms with van der Waals surface area (Å²) >= 11 is 0. The summed E-state index contributed by atoms with van der Waals surface area (Å²) in [5, 5.41) is 2.64. The maximum absolute atomic E-state index is 11.5. The fourth-order valence-electron chi connectivity index (χ4n) is 2.69. The Kier molecular flexibility index (Phi) is 10.6. The Bertz CT molecular complexity index is 1050. The third-order valence-corrected chi connectivity index (χ3v) is 7.33. The lowest BCUT2D eigenvalue weighted by Crippen LogP contribution is -2.45. The van der Waals surface area contributed by atoms with Gasteiger partial charge in [-0.1, -0.05) is 67.4 Å². The van der Waals surface area contributed by atoms with E-state index in [9.17, 15) is 43.2 Å². The van der Waals surface area contributed by atoms with Gasteiger partial charge in [-0.2, -0.15) is 26.3 Å². The van der Waals surface area contributed by atoms with E-state index in [2.05, 4.69) is 42.2 Å². The van der Waals surface area contributed by atoms with Crippen LogP contribution in [0.4, 0.5) is 26.3 Å². The Morgan fingerprint density at radius 1 is 0.788 bits per heavy atom. The van der Waals surface area contributed by atoms with Gasteiger partial charge in [-0.25, -0.2) is 16.8 Å². The molecular formula is C19H24F6N2O4S2. The first-order valence-electron chi connectivity index (χ1n) is 9.86. The Morgan fingerprint density at radius 3 is 1.85 bits per heavy atom. The molecule has 0 saturated carbocycles. The lowest BCUT2D eigenvalue weighted by Gasteiger charge is -2.11. The van der Waals surface area contributed by atoms with Crippen LogP contribution in [0.15, 0.2) is 36.5 Å². The predicted octanol–water partition coefficient (Wildman–Crippen LogP) is 5.41. The number of aromatic nitrogens is 1. The largest absolute Gasteiger partial charge is 0.512 e. The van der Waals surface area contributed by atoms with Crippen molar-refractivity contribution in [2.75, 3.05) is 0 Å². The molecule has 0 saturated heterocycles. The average Bonchev–Trinajstić information content (AvgIpc) is 2.69. The topological polar surface area (TPSA) is 93.2 Å². The molecule has 1 aromatic carbocycles. The Balaban J connectivity index is 0.000000337. The molecule has 0 aliphatic rings. The number of rotatable bonds is 9. The van der Waals surface area contributed by atoms with Gasteiger partial charge in [0.1, 0.15) is 0 Å². The summed E-state index contributed by atoms with van der Waals surface area (Å²) in [7, 11) is -13.2. The Hall–Kier alpha value is -1.93.